The van der Waals surface area contributed by atoms with E-state index < -0.39 is 0 Å². The molecule has 121 valence electrons. The summed E-state index contributed by atoms with van der Waals surface area (Å²) in [5.41, 5.74) is 2.91. The summed E-state index contributed by atoms with van der Waals surface area (Å²) in [5, 5.41) is 10.3. The monoisotopic (exact) mass is 312 g/mol. The molecule has 0 spiro atoms. The summed E-state index contributed by atoms with van der Waals surface area (Å²) >= 11 is 0. The Bertz CT molecular complexity index is 679. The number of phenols is 1. The first-order valence-electron chi connectivity index (χ1n) is 8.36. The van der Waals surface area contributed by atoms with Crippen LogP contribution in [0.2, 0.25) is 0 Å². The number of benzene rings is 2. The molecule has 2 aromatic rings. The lowest BCUT2D eigenvalue weighted by Crippen LogP contribution is -2.37. The van der Waals surface area contributed by atoms with E-state index in [0.717, 1.165) is 18.4 Å². The van der Waals surface area contributed by atoms with Crippen molar-refractivity contribution in [2.75, 3.05) is 19.6 Å². The van der Waals surface area contributed by atoms with Gasteiger partial charge in [0.05, 0.1) is 0 Å². The minimum absolute atomic E-state index is 0.180. The fraction of sp³-hybridized carbons (Fsp3) is 0.400. The summed E-state index contributed by atoms with van der Waals surface area (Å²) in [4.78, 5) is 2.47. The van der Waals surface area contributed by atoms with E-state index in [9.17, 15) is 9.50 Å². The smallest absolute Gasteiger partial charge is 0.126 e. The Morgan fingerprint density at radius 1 is 1.26 bits per heavy atom. The number of phenolic OH excluding ortho intramolecular Hbond substituents is 1. The molecule has 2 aromatic carbocycles. The van der Waals surface area contributed by atoms with Crippen LogP contribution in [0.5, 0.6) is 5.75 Å². The number of likely N-dealkylation sites (tertiary alicyclic amines) is 1. The Kier molecular flexibility index (Phi) is 4.97. The van der Waals surface area contributed by atoms with Gasteiger partial charge in [-0.05, 0) is 87.1 Å². The van der Waals surface area contributed by atoms with E-state index in [2.05, 4.69) is 11.0 Å². The first kappa shape index (κ1) is 16.0. The predicted octanol–water partition coefficient (Wildman–Crippen LogP) is 4.34. The van der Waals surface area contributed by atoms with Crippen molar-refractivity contribution in [1.82, 2.24) is 4.90 Å². The molecule has 1 heterocycles. The summed E-state index contributed by atoms with van der Waals surface area (Å²) in [6.07, 6.45) is 4.58. The Hall–Kier alpha value is -1.87. The average molecular weight is 312 g/mol. The number of aromatic hydroxyl groups is 1. The summed E-state index contributed by atoms with van der Waals surface area (Å²) in [6.45, 7) is 5.39. The summed E-state index contributed by atoms with van der Waals surface area (Å²) in [6, 6.07) is 11.8. The van der Waals surface area contributed by atoms with Crippen LogP contribution in [0.15, 0.2) is 30.3 Å². The molecular formula is C20H23FNO. The van der Waals surface area contributed by atoms with Gasteiger partial charge in [0.1, 0.15) is 11.6 Å². The van der Waals surface area contributed by atoms with Crippen molar-refractivity contribution < 1.29 is 9.50 Å². The molecule has 0 aliphatic carbocycles. The molecule has 23 heavy (non-hydrogen) atoms. The minimum atomic E-state index is -0.259. The fourth-order valence-electron chi connectivity index (χ4n) is 3.04. The van der Waals surface area contributed by atoms with Gasteiger partial charge in [-0.2, -0.15) is 0 Å². The van der Waals surface area contributed by atoms with Gasteiger partial charge in [-0.3, -0.25) is 0 Å². The van der Waals surface area contributed by atoms with Crippen LogP contribution >= 0.6 is 0 Å². The third-order valence-corrected chi connectivity index (χ3v) is 4.66. The van der Waals surface area contributed by atoms with Crippen LogP contribution in [0, 0.1) is 18.8 Å². The van der Waals surface area contributed by atoms with E-state index in [-0.39, 0.29) is 11.6 Å². The second-order valence-electron chi connectivity index (χ2n) is 6.33. The number of nitrogens with zero attached hydrogens (tertiary/aromatic N) is 1. The van der Waals surface area contributed by atoms with Crippen LogP contribution in [0.1, 0.15) is 30.4 Å². The van der Waals surface area contributed by atoms with Crippen LogP contribution in [0.25, 0.3) is 11.1 Å². The second-order valence-corrected chi connectivity index (χ2v) is 6.33. The maximum Gasteiger partial charge on any atom is 0.126 e. The molecule has 0 bridgehead atoms. The molecule has 1 N–H and O–H groups in total. The first-order valence-corrected chi connectivity index (χ1v) is 8.36. The van der Waals surface area contributed by atoms with Crippen LogP contribution in [0.3, 0.4) is 0 Å². The Balaban J connectivity index is 1.64. The molecule has 1 radical (unpaired) electrons. The van der Waals surface area contributed by atoms with Crippen LogP contribution < -0.4 is 0 Å². The van der Waals surface area contributed by atoms with Crippen molar-refractivity contribution in [1.29, 1.82) is 0 Å². The molecular weight excluding hydrogens is 289 g/mol. The number of hydrogen-bond acceptors (Lipinski definition) is 2. The predicted molar refractivity (Wildman–Crippen MR) is 91.1 cm³/mol. The molecule has 3 rings (SSSR count). The van der Waals surface area contributed by atoms with Gasteiger partial charge < -0.3 is 10.0 Å². The van der Waals surface area contributed by atoms with Gasteiger partial charge in [0, 0.05) is 5.56 Å². The number of hydrogen-bond donors (Lipinski definition) is 1. The van der Waals surface area contributed by atoms with Gasteiger partial charge >= 0.3 is 0 Å². The SMILES string of the molecule is Cc1c(F)cccc1-c1[c]cc(CCCCN2CCC2)cc1O. The summed E-state index contributed by atoms with van der Waals surface area (Å²) in [7, 11) is 0. The standard InChI is InChI=1S/C20H23FNO/c1-15-17(7-4-8-19(15)21)18-10-9-16(14-20(18)23)6-2-3-11-22-12-5-13-22/h4,7-9,14,23H,2-3,5-6,11-13H2,1H3. The molecule has 3 heteroatoms. The van der Waals surface area contributed by atoms with Crippen molar-refractivity contribution in [2.45, 2.75) is 32.6 Å². The largest absolute Gasteiger partial charge is 0.507 e. The van der Waals surface area contributed by atoms with Crippen molar-refractivity contribution >= 4 is 0 Å². The zero-order valence-corrected chi connectivity index (χ0v) is 13.6. The van der Waals surface area contributed by atoms with E-state index in [0.29, 0.717) is 16.7 Å². The van der Waals surface area contributed by atoms with Crippen molar-refractivity contribution in [2.24, 2.45) is 0 Å². The lowest BCUT2D eigenvalue weighted by Gasteiger charge is -2.30. The molecule has 0 unspecified atom stereocenters. The van der Waals surface area contributed by atoms with Crippen molar-refractivity contribution in [3.8, 4) is 16.9 Å². The van der Waals surface area contributed by atoms with E-state index in [4.69, 9.17) is 0 Å². The Labute approximate surface area is 137 Å². The molecule has 0 saturated carbocycles. The van der Waals surface area contributed by atoms with Crippen LogP contribution in [0.4, 0.5) is 4.39 Å². The molecule has 0 amide bonds. The lowest BCUT2D eigenvalue weighted by atomic mass is 9.97. The van der Waals surface area contributed by atoms with Gasteiger partial charge in [0.25, 0.3) is 0 Å². The highest BCUT2D eigenvalue weighted by Gasteiger charge is 2.13. The Morgan fingerprint density at radius 3 is 2.78 bits per heavy atom. The normalized spacial score (nSPS) is 14.7. The topological polar surface area (TPSA) is 23.5 Å². The highest BCUT2D eigenvalue weighted by atomic mass is 19.1. The van der Waals surface area contributed by atoms with E-state index in [1.54, 1.807) is 19.1 Å². The molecule has 1 saturated heterocycles. The van der Waals surface area contributed by atoms with Gasteiger partial charge in [-0.25, -0.2) is 4.39 Å². The maximum atomic E-state index is 13.7. The maximum absolute atomic E-state index is 13.7. The molecule has 0 atom stereocenters. The van der Waals surface area contributed by atoms with E-state index in [1.807, 2.05) is 12.1 Å². The molecule has 1 aliphatic rings. The van der Waals surface area contributed by atoms with Crippen LogP contribution in [-0.4, -0.2) is 29.6 Å². The van der Waals surface area contributed by atoms with Crippen molar-refractivity contribution in [3.05, 3.63) is 53.3 Å². The second kappa shape index (κ2) is 7.14. The third kappa shape index (κ3) is 3.73. The summed E-state index contributed by atoms with van der Waals surface area (Å²) in [5.74, 6) is -0.0793. The van der Waals surface area contributed by atoms with Gasteiger partial charge in [0.2, 0.25) is 0 Å². The zero-order chi connectivity index (χ0) is 16.2. The highest BCUT2D eigenvalue weighted by molar-refractivity contribution is 5.72. The lowest BCUT2D eigenvalue weighted by molar-refractivity contribution is 0.178. The Morgan fingerprint density at radius 2 is 2.09 bits per heavy atom. The van der Waals surface area contributed by atoms with E-state index in [1.165, 1.54) is 38.5 Å². The molecule has 2 nitrogen and oxygen atoms in total. The minimum Gasteiger partial charge on any atom is -0.507 e. The number of halogens is 1. The van der Waals surface area contributed by atoms with Gasteiger partial charge in [0.15, 0.2) is 0 Å². The summed E-state index contributed by atoms with van der Waals surface area (Å²) < 4.78 is 13.7. The van der Waals surface area contributed by atoms with Crippen molar-refractivity contribution in [3.63, 3.8) is 0 Å². The highest BCUT2D eigenvalue weighted by Crippen LogP contribution is 2.32. The van der Waals surface area contributed by atoms with Crippen LogP contribution in [-0.2, 0) is 6.42 Å². The third-order valence-electron chi connectivity index (χ3n) is 4.66. The van der Waals surface area contributed by atoms with Gasteiger partial charge in [-0.15, -0.1) is 0 Å². The first-order chi connectivity index (χ1) is 11.1. The van der Waals surface area contributed by atoms with E-state index >= 15 is 0 Å². The number of unbranched alkanes of at least 4 members (excludes halogenated alkanes) is 1. The number of rotatable bonds is 6. The van der Waals surface area contributed by atoms with Gasteiger partial charge in [-0.1, -0.05) is 18.2 Å². The molecule has 1 fully saturated rings. The molecule has 1 aliphatic heterocycles. The average Bonchev–Trinajstić information content (AvgIpc) is 2.49. The quantitative estimate of drug-likeness (QED) is 0.802. The number of aryl methyl sites for hydroxylation is 1. The zero-order valence-electron chi connectivity index (χ0n) is 13.6. The molecule has 0 aromatic heterocycles. The fourth-order valence-corrected chi connectivity index (χ4v) is 3.04.